The summed E-state index contributed by atoms with van der Waals surface area (Å²) in [6.07, 6.45) is 2.42. The molecule has 4 heteroatoms. The minimum absolute atomic E-state index is 0.609. The summed E-state index contributed by atoms with van der Waals surface area (Å²) >= 11 is 1.77. The first kappa shape index (κ1) is 15.4. The highest BCUT2D eigenvalue weighted by Crippen LogP contribution is 2.18. The van der Waals surface area contributed by atoms with Gasteiger partial charge in [-0.15, -0.1) is 0 Å². The first-order valence-electron chi connectivity index (χ1n) is 6.72. The maximum Gasteiger partial charge on any atom is 0.187 e. The molecule has 18 heavy (non-hydrogen) atoms. The van der Waals surface area contributed by atoms with Crippen molar-refractivity contribution < 1.29 is 0 Å². The first-order valence-corrected chi connectivity index (χ1v) is 7.71. The van der Waals surface area contributed by atoms with Gasteiger partial charge in [-0.1, -0.05) is 18.7 Å². The minimum atomic E-state index is 0.609. The summed E-state index contributed by atoms with van der Waals surface area (Å²) in [5, 5.41) is 4.35. The van der Waals surface area contributed by atoms with Gasteiger partial charge in [0.1, 0.15) is 0 Å². The highest BCUT2D eigenvalue weighted by molar-refractivity contribution is 7.99. The number of aromatic nitrogens is 2. The smallest absolute Gasteiger partial charge is 0.187 e. The van der Waals surface area contributed by atoms with Gasteiger partial charge in [-0.05, 0) is 52.6 Å². The lowest BCUT2D eigenvalue weighted by molar-refractivity contribution is 0.526. The Balaban J connectivity index is 2.36. The zero-order valence-electron chi connectivity index (χ0n) is 12.2. The molecule has 1 heterocycles. The fourth-order valence-corrected chi connectivity index (χ4v) is 2.71. The number of hydrogen-bond acceptors (Lipinski definition) is 4. The number of hydrogen-bond donors (Lipinski definition) is 1. The third kappa shape index (κ3) is 4.94. The van der Waals surface area contributed by atoms with Gasteiger partial charge in [0.05, 0.1) is 0 Å². The van der Waals surface area contributed by atoms with E-state index in [4.69, 9.17) is 0 Å². The van der Waals surface area contributed by atoms with E-state index in [9.17, 15) is 0 Å². The van der Waals surface area contributed by atoms with Gasteiger partial charge in [0.2, 0.25) is 0 Å². The van der Waals surface area contributed by atoms with Crippen molar-refractivity contribution in [1.29, 1.82) is 0 Å². The predicted octanol–water partition coefficient (Wildman–Crippen LogP) is 3.27. The normalized spacial score (nSPS) is 12.7. The van der Waals surface area contributed by atoms with Crippen LogP contribution in [0.25, 0.3) is 0 Å². The zero-order valence-corrected chi connectivity index (χ0v) is 13.0. The van der Waals surface area contributed by atoms with E-state index in [1.165, 1.54) is 18.4 Å². The van der Waals surface area contributed by atoms with E-state index in [0.717, 1.165) is 28.8 Å². The van der Waals surface area contributed by atoms with E-state index in [-0.39, 0.29) is 0 Å². The zero-order chi connectivity index (χ0) is 13.5. The maximum absolute atomic E-state index is 4.52. The topological polar surface area (TPSA) is 37.8 Å². The fraction of sp³-hybridized carbons (Fsp3) is 0.714. The number of aryl methyl sites for hydroxylation is 2. The van der Waals surface area contributed by atoms with Crippen molar-refractivity contribution in [3.05, 3.63) is 17.0 Å². The van der Waals surface area contributed by atoms with E-state index in [2.05, 4.69) is 49.9 Å². The number of nitrogens with zero attached hydrogens (tertiary/aromatic N) is 2. The molecule has 1 aromatic heterocycles. The molecule has 102 valence electrons. The molecule has 0 bridgehead atoms. The first-order chi connectivity index (χ1) is 8.54. The van der Waals surface area contributed by atoms with Gasteiger partial charge >= 0.3 is 0 Å². The van der Waals surface area contributed by atoms with Gasteiger partial charge in [-0.3, -0.25) is 0 Å². The molecule has 1 atom stereocenters. The molecule has 1 aromatic rings. The van der Waals surface area contributed by atoms with Crippen LogP contribution in [0.1, 0.15) is 43.6 Å². The average molecular weight is 267 g/mol. The lowest BCUT2D eigenvalue weighted by atomic mass is 10.2. The van der Waals surface area contributed by atoms with Crippen LogP contribution in [-0.4, -0.2) is 28.3 Å². The average Bonchev–Trinajstić information content (AvgIpc) is 2.32. The highest BCUT2D eigenvalue weighted by Gasteiger charge is 2.05. The van der Waals surface area contributed by atoms with Crippen LogP contribution < -0.4 is 5.32 Å². The summed E-state index contributed by atoms with van der Waals surface area (Å²) < 4.78 is 0. The van der Waals surface area contributed by atoms with Crippen molar-refractivity contribution in [2.45, 2.75) is 58.7 Å². The van der Waals surface area contributed by atoms with Gasteiger partial charge < -0.3 is 5.32 Å². The Kier molecular flexibility index (Phi) is 6.65. The van der Waals surface area contributed by atoms with Crippen LogP contribution >= 0.6 is 11.8 Å². The summed E-state index contributed by atoms with van der Waals surface area (Å²) in [5.41, 5.74) is 3.41. The van der Waals surface area contributed by atoms with Crippen LogP contribution in [0, 0.1) is 20.8 Å². The Bertz CT molecular complexity index is 356. The molecular formula is C14H25N3S. The Morgan fingerprint density at radius 1 is 1.17 bits per heavy atom. The monoisotopic (exact) mass is 267 g/mol. The molecule has 0 saturated heterocycles. The lowest BCUT2D eigenvalue weighted by Gasteiger charge is -2.11. The molecule has 0 aliphatic heterocycles. The second kappa shape index (κ2) is 7.74. The second-order valence-corrected chi connectivity index (χ2v) is 5.81. The van der Waals surface area contributed by atoms with Crippen molar-refractivity contribution in [3.8, 4) is 0 Å². The molecule has 0 aliphatic carbocycles. The van der Waals surface area contributed by atoms with Crippen LogP contribution in [-0.2, 0) is 0 Å². The van der Waals surface area contributed by atoms with Gasteiger partial charge in [-0.25, -0.2) is 9.97 Å². The van der Waals surface area contributed by atoms with Crippen molar-refractivity contribution in [3.63, 3.8) is 0 Å². The SMILES string of the molecule is CCNC(C)CCCSc1nc(C)c(C)c(C)n1. The number of thioether (sulfide) groups is 1. The summed E-state index contributed by atoms with van der Waals surface area (Å²) in [6, 6.07) is 0.609. The molecule has 0 fully saturated rings. The fourth-order valence-electron chi connectivity index (χ4n) is 1.81. The predicted molar refractivity (Wildman–Crippen MR) is 79.3 cm³/mol. The van der Waals surface area contributed by atoms with Gasteiger partial charge in [0.15, 0.2) is 5.16 Å². The lowest BCUT2D eigenvalue weighted by Crippen LogP contribution is -2.25. The largest absolute Gasteiger partial charge is 0.315 e. The molecule has 0 aromatic carbocycles. The van der Waals surface area contributed by atoms with Crippen LogP contribution in [0.2, 0.25) is 0 Å². The van der Waals surface area contributed by atoms with E-state index in [1.54, 1.807) is 11.8 Å². The molecule has 0 amide bonds. The Morgan fingerprint density at radius 3 is 2.33 bits per heavy atom. The van der Waals surface area contributed by atoms with Crippen LogP contribution in [0.15, 0.2) is 5.16 Å². The summed E-state index contributed by atoms with van der Waals surface area (Å²) in [5.74, 6) is 1.09. The van der Waals surface area contributed by atoms with Crippen LogP contribution in [0.4, 0.5) is 0 Å². The molecule has 0 spiro atoms. The van der Waals surface area contributed by atoms with Gasteiger partial charge in [-0.2, -0.15) is 0 Å². The second-order valence-electron chi connectivity index (χ2n) is 4.75. The Labute approximate surface area is 115 Å². The number of rotatable bonds is 7. The highest BCUT2D eigenvalue weighted by atomic mass is 32.2. The molecule has 3 nitrogen and oxygen atoms in total. The van der Waals surface area contributed by atoms with Crippen molar-refractivity contribution >= 4 is 11.8 Å². The Morgan fingerprint density at radius 2 is 1.78 bits per heavy atom. The molecule has 1 unspecified atom stereocenters. The Hall–Kier alpha value is -0.610. The quantitative estimate of drug-likeness (QED) is 0.467. The van der Waals surface area contributed by atoms with Crippen molar-refractivity contribution in [2.24, 2.45) is 0 Å². The van der Waals surface area contributed by atoms with E-state index >= 15 is 0 Å². The minimum Gasteiger partial charge on any atom is -0.315 e. The molecule has 1 N–H and O–H groups in total. The van der Waals surface area contributed by atoms with Crippen LogP contribution in [0.5, 0.6) is 0 Å². The standard InChI is InChI=1S/C14H25N3S/c1-6-15-10(2)8-7-9-18-14-16-12(4)11(3)13(5)17-14/h10,15H,6-9H2,1-5H3. The van der Waals surface area contributed by atoms with Gasteiger partial charge in [0.25, 0.3) is 0 Å². The van der Waals surface area contributed by atoms with Crippen LogP contribution in [0.3, 0.4) is 0 Å². The maximum atomic E-state index is 4.52. The number of nitrogens with one attached hydrogen (secondary N) is 1. The summed E-state index contributed by atoms with van der Waals surface area (Å²) in [6.45, 7) is 11.6. The van der Waals surface area contributed by atoms with Crippen molar-refractivity contribution in [2.75, 3.05) is 12.3 Å². The third-order valence-electron chi connectivity index (χ3n) is 3.18. The van der Waals surface area contributed by atoms with E-state index in [1.807, 2.05) is 0 Å². The third-order valence-corrected chi connectivity index (χ3v) is 4.11. The molecule has 1 rings (SSSR count). The van der Waals surface area contributed by atoms with Gasteiger partial charge in [0, 0.05) is 23.2 Å². The van der Waals surface area contributed by atoms with Crippen molar-refractivity contribution in [1.82, 2.24) is 15.3 Å². The molecular weight excluding hydrogens is 242 g/mol. The molecule has 0 radical (unpaired) electrons. The summed E-state index contributed by atoms with van der Waals surface area (Å²) in [7, 11) is 0. The molecule has 0 aliphatic rings. The van der Waals surface area contributed by atoms with E-state index in [0.29, 0.717) is 6.04 Å². The molecule has 0 saturated carbocycles. The van der Waals surface area contributed by atoms with E-state index < -0.39 is 0 Å². The summed E-state index contributed by atoms with van der Waals surface area (Å²) in [4.78, 5) is 9.05.